The molecule has 0 radical (unpaired) electrons. The van der Waals surface area contributed by atoms with Crippen molar-refractivity contribution in [1.82, 2.24) is 5.32 Å². The topological polar surface area (TPSA) is 38.3 Å². The van der Waals surface area contributed by atoms with E-state index in [1.165, 1.54) is 48.5 Å². The Balaban J connectivity index is 2.15. The molecule has 0 aliphatic rings. The lowest BCUT2D eigenvalue weighted by Crippen LogP contribution is -2.37. The van der Waals surface area contributed by atoms with Gasteiger partial charge in [-0.1, -0.05) is 48.5 Å². The van der Waals surface area contributed by atoms with E-state index in [-0.39, 0.29) is 16.9 Å². The van der Waals surface area contributed by atoms with Gasteiger partial charge in [0.15, 0.2) is 6.04 Å². The van der Waals surface area contributed by atoms with Crippen molar-refractivity contribution in [3.05, 3.63) is 71.8 Å². The molecule has 3 nitrogen and oxygen atoms in total. The van der Waals surface area contributed by atoms with E-state index < -0.39 is 24.7 Å². The van der Waals surface area contributed by atoms with Crippen molar-refractivity contribution in [2.45, 2.75) is 18.8 Å². The van der Waals surface area contributed by atoms with E-state index in [1.807, 2.05) is 5.32 Å². The molecule has 0 saturated heterocycles. The van der Waals surface area contributed by atoms with Gasteiger partial charge in [-0.15, -0.1) is 0 Å². The number of halogens is 5. The minimum atomic E-state index is -4.69. The van der Waals surface area contributed by atoms with Gasteiger partial charge in [0.25, 0.3) is 0 Å². The summed E-state index contributed by atoms with van der Waals surface area (Å²) < 4.78 is 68.5. The number of carbonyl (C=O) groups is 1. The molecule has 138 valence electrons. The van der Waals surface area contributed by atoms with Crippen molar-refractivity contribution >= 4 is 12.0 Å². The smallest absolute Gasteiger partial charge is 0.412 e. The van der Waals surface area contributed by atoms with Gasteiger partial charge in [0.05, 0.1) is 0 Å². The molecule has 0 saturated carbocycles. The average Bonchev–Trinajstić information content (AvgIpc) is 2.58. The van der Waals surface area contributed by atoms with Gasteiger partial charge in [-0.2, -0.15) is 22.0 Å². The summed E-state index contributed by atoms with van der Waals surface area (Å²) in [5.41, 5.74) is 0.00871. The van der Waals surface area contributed by atoms with Gasteiger partial charge in [0.1, 0.15) is 5.75 Å². The largest absolute Gasteiger partial charge is 0.434 e. The van der Waals surface area contributed by atoms with Crippen molar-refractivity contribution in [1.29, 1.82) is 0 Å². The third kappa shape index (κ3) is 5.58. The van der Waals surface area contributed by atoms with Gasteiger partial charge in [-0.05, 0) is 17.7 Å². The second-order valence-electron chi connectivity index (χ2n) is 5.14. The fourth-order valence-corrected chi connectivity index (χ4v) is 2.18. The van der Waals surface area contributed by atoms with E-state index in [1.54, 1.807) is 6.07 Å². The Bertz CT molecular complexity index is 760. The molecule has 0 aromatic heterocycles. The first-order chi connectivity index (χ1) is 12.3. The first-order valence-corrected chi connectivity index (χ1v) is 7.41. The fraction of sp³-hybridized carbons (Fsp3) is 0.167. The van der Waals surface area contributed by atoms with Crippen LogP contribution in [0.25, 0.3) is 6.08 Å². The third-order valence-corrected chi connectivity index (χ3v) is 3.30. The number of benzene rings is 2. The van der Waals surface area contributed by atoms with Crippen LogP contribution in [0.5, 0.6) is 5.75 Å². The molecule has 1 amide bonds. The maximum atomic E-state index is 13.2. The number of amides is 1. The zero-order valence-corrected chi connectivity index (χ0v) is 13.2. The van der Waals surface area contributed by atoms with Crippen LogP contribution in [0.15, 0.2) is 60.7 Å². The molecular formula is C18H14F5NO2. The third-order valence-electron chi connectivity index (χ3n) is 3.30. The first kappa shape index (κ1) is 19.4. The van der Waals surface area contributed by atoms with Gasteiger partial charge in [0.2, 0.25) is 5.91 Å². The molecule has 0 heterocycles. The predicted octanol–water partition coefficient (Wildman–Crippen LogP) is 4.72. The van der Waals surface area contributed by atoms with Gasteiger partial charge >= 0.3 is 12.8 Å². The van der Waals surface area contributed by atoms with E-state index in [0.29, 0.717) is 0 Å². The Morgan fingerprint density at radius 3 is 2.23 bits per heavy atom. The van der Waals surface area contributed by atoms with Crippen LogP contribution in [-0.4, -0.2) is 18.7 Å². The highest BCUT2D eigenvalue weighted by molar-refractivity contribution is 5.92. The van der Waals surface area contributed by atoms with Crippen molar-refractivity contribution in [2.24, 2.45) is 0 Å². The second-order valence-corrected chi connectivity index (χ2v) is 5.14. The molecule has 8 heteroatoms. The average molecular weight is 371 g/mol. The van der Waals surface area contributed by atoms with E-state index in [9.17, 15) is 26.7 Å². The van der Waals surface area contributed by atoms with Crippen LogP contribution in [0, 0.1) is 0 Å². The van der Waals surface area contributed by atoms with Gasteiger partial charge in [-0.25, -0.2) is 0 Å². The summed E-state index contributed by atoms with van der Waals surface area (Å²) in [7, 11) is 0. The minimum absolute atomic E-state index is 0.122. The number of nitrogens with one attached hydrogen (secondary N) is 1. The van der Waals surface area contributed by atoms with E-state index in [2.05, 4.69) is 4.74 Å². The summed E-state index contributed by atoms with van der Waals surface area (Å²) in [5, 5.41) is 1.86. The lowest BCUT2D eigenvalue weighted by atomic mass is 10.1. The van der Waals surface area contributed by atoms with Crippen LogP contribution in [0.4, 0.5) is 22.0 Å². The quantitative estimate of drug-likeness (QED) is 0.589. The van der Waals surface area contributed by atoms with Gasteiger partial charge in [0, 0.05) is 11.6 Å². The van der Waals surface area contributed by atoms with Gasteiger partial charge < -0.3 is 10.1 Å². The Kier molecular flexibility index (Phi) is 6.32. The molecule has 0 spiro atoms. The highest BCUT2D eigenvalue weighted by atomic mass is 19.4. The first-order valence-electron chi connectivity index (χ1n) is 7.41. The maximum Gasteiger partial charge on any atom is 0.412 e. The highest BCUT2D eigenvalue weighted by Crippen LogP contribution is 2.32. The summed E-state index contributed by atoms with van der Waals surface area (Å²) in [6.45, 7) is -3.06. The number of para-hydroxylation sites is 1. The summed E-state index contributed by atoms with van der Waals surface area (Å²) in [4.78, 5) is 11.9. The Hall–Kier alpha value is -2.90. The molecular weight excluding hydrogens is 357 g/mol. The van der Waals surface area contributed by atoms with Crippen molar-refractivity contribution in [2.75, 3.05) is 0 Å². The number of rotatable bonds is 6. The molecule has 26 heavy (non-hydrogen) atoms. The Labute approximate surface area is 146 Å². The molecule has 1 N–H and O–H groups in total. The fourth-order valence-electron chi connectivity index (χ4n) is 2.18. The Morgan fingerprint density at radius 2 is 1.62 bits per heavy atom. The summed E-state index contributed by atoms with van der Waals surface area (Å²) in [6.07, 6.45) is -2.76. The van der Waals surface area contributed by atoms with Gasteiger partial charge in [-0.3, -0.25) is 4.79 Å². The van der Waals surface area contributed by atoms with Crippen LogP contribution in [0.3, 0.4) is 0 Å². The zero-order valence-electron chi connectivity index (χ0n) is 13.2. The zero-order chi connectivity index (χ0) is 19.2. The molecule has 0 aliphatic carbocycles. The predicted molar refractivity (Wildman–Crippen MR) is 85.5 cm³/mol. The monoisotopic (exact) mass is 371 g/mol. The molecule has 0 fully saturated rings. The SMILES string of the molecule is O=C(/C=C/c1ccccc1OC(F)F)NC(c1ccccc1)C(F)(F)F. The molecule has 1 atom stereocenters. The lowest BCUT2D eigenvalue weighted by Gasteiger charge is -2.21. The molecule has 2 rings (SSSR count). The van der Waals surface area contributed by atoms with E-state index >= 15 is 0 Å². The number of carbonyl (C=O) groups excluding carboxylic acids is 1. The minimum Gasteiger partial charge on any atom is -0.434 e. The molecule has 0 bridgehead atoms. The Morgan fingerprint density at radius 1 is 1.00 bits per heavy atom. The van der Waals surface area contributed by atoms with Crippen molar-refractivity contribution < 1.29 is 31.5 Å². The van der Waals surface area contributed by atoms with Crippen LogP contribution >= 0.6 is 0 Å². The molecule has 2 aromatic carbocycles. The molecule has 0 aliphatic heterocycles. The number of hydrogen-bond acceptors (Lipinski definition) is 2. The molecule has 2 aromatic rings. The normalized spacial score (nSPS) is 13.0. The van der Waals surface area contributed by atoms with Crippen LogP contribution in [0.2, 0.25) is 0 Å². The van der Waals surface area contributed by atoms with E-state index in [4.69, 9.17) is 0 Å². The van der Waals surface area contributed by atoms with Crippen molar-refractivity contribution in [3.8, 4) is 5.75 Å². The standard InChI is InChI=1S/C18H14F5NO2/c19-17(20)26-14-9-5-4-6-12(14)10-11-15(25)24-16(18(21,22)23)13-7-2-1-3-8-13/h1-11,16-17H,(H,24,25)/b11-10+. The lowest BCUT2D eigenvalue weighted by molar-refractivity contribution is -0.162. The maximum absolute atomic E-state index is 13.2. The number of hydrogen-bond donors (Lipinski definition) is 1. The molecule has 1 unspecified atom stereocenters. The number of ether oxygens (including phenoxy) is 1. The van der Waals surface area contributed by atoms with Crippen LogP contribution < -0.4 is 10.1 Å². The van der Waals surface area contributed by atoms with Crippen molar-refractivity contribution in [3.63, 3.8) is 0 Å². The second kappa shape index (κ2) is 8.46. The summed E-state index contributed by atoms with van der Waals surface area (Å²) >= 11 is 0. The van der Waals surface area contributed by atoms with Crippen LogP contribution in [0.1, 0.15) is 17.2 Å². The van der Waals surface area contributed by atoms with Crippen LogP contribution in [-0.2, 0) is 4.79 Å². The summed E-state index contributed by atoms with van der Waals surface area (Å²) in [5.74, 6) is -1.22. The summed E-state index contributed by atoms with van der Waals surface area (Å²) in [6, 6.07) is 10.3. The highest BCUT2D eigenvalue weighted by Gasteiger charge is 2.41. The number of alkyl halides is 5. The van der Waals surface area contributed by atoms with E-state index in [0.717, 1.165) is 12.2 Å².